The van der Waals surface area contributed by atoms with Gasteiger partial charge in [-0.1, -0.05) is 12.1 Å². The summed E-state index contributed by atoms with van der Waals surface area (Å²) in [6.45, 7) is 8.18. The Morgan fingerprint density at radius 1 is 1.04 bits per heavy atom. The van der Waals surface area contributed by atoms with E-state index in [1.165, 1.54) is 18.9 Å². The third-order valence-electron chi connectivity index (χ3n) is 8.65. The van der Waals surface area contributed by atoms with E-state index in [-0.39, 0.29) is 11.8 Å². The van der Waals surface area contributed by atoms with Gasteiger partial charge >= 0.3 is 12.1 Å². The van der Waals surface area contributed by atoms with Gasteiger partial charge in [-0.05, 0) is 89.1 Å². The molecule has 0 bridgehead atoms. The van der Waals surface area contributed by atoms with Crippen LogP contribution in [0.1, 0.15) is 85.2 Å². The van der Waals surface area contributed by atoms with Gasteiger partial charge in [-0.15, -0.1) is 5.10 Å². The molecule has 2 aromatic heterocycles. The Balaban J connectivity index is 1.46. The standard InChI is InChI=1S/C34H43N5O7/c1-21-18-27(37-39(21)32(42)46-33(2,3)4)35-26-19-24-14-17-38(20-22-8-10-25(43-5)11-9-22)30(40)28(24)29(36-26)23-12-15-34(45-7,16-13-23)31(41)44-6/h8-11,18-19,23H,12-17,20H2,1-7H3,(H,35,36,37). The molecule has 2 aliphatic rings. The highest BCUT2D eigenvalue weighted by molar-refractivity contribution is 5.98. The molecule has 0 unspecified atom stereocenters. The molecule has 12 nitrogen and oxygen atoms in total. The van der Waals surface area contributed by atoms with Crippen LogP contribution in [-0.4, -0.2) is 76.7 Å². The van der Waals surface area contributed by atoms with Crippen LogP contribution in [0.2, 0.25) is 0 Å². The number of methoxy groups -OCH3 is 3. The lowest BCUT2D eigenvalue weighted by Crippen LogP contribution is -2.45. The number of aromatic nitrogens is 3. The zero-order valence-corrected chi connectivity index (χ0v) is 27.6. The van der Waals surface area contributed by atoms with Crippen LogP contribution in [0, 0.1) is 6.92 Å². The van der Waals surface area contributed by atoms with E-state index in [0.29, 0.717) is 73.8 Å². The number of hydrogen-bond donors (Lipinski definition) is 1. The number of carbonyl (C=O) groups is 3. The number of aryl methyl sites for hydroxylation is 1. The van der Waals surface area contributed by atoms with Crippen molar-refractivity contribution < 1.29 is 33.3 Å². The summed E-state index contributed by atoms with van der Waals surface area (Å²) < 4.78 is 22.7. The molecule has 5 rings (SSSR count). The van der Waals surface area contributed by atoms with Gasteiger partial charge < -0.3 is 29.2 Å². The average Bonchev–Trinajstić information content (AvgIpc) is 3.40. The molecule has 1 saturated carbocycles. The Bertz CT molecular complexity index is 1600. The number of anilines is 2. The van der Waals surface area contributed by atoms with E-state index < -0.39 is 23.3 Å². The minimum atomic E-state index is -1.02. The predicted molar refractivity (Wildman–Crippen MR) is 171 cm³/mol. The van der Waals surface area contributed by atoms with Crippen molar-refractivity contribution in [1.29, 1.82) is 0 Å². The van der Waals surface area contributed by atoms with Crippen molar-refractivity contribution in [3.8, 4) is 5.75 Å². The predicted octanol–water partition coefficient (Wildman–Crippen LogP) is 5.54. The molecule has 3 heterocycles. The van der Waals surface area contributed by atoms with Crippen molar-refractivity contribution in [1.82, 2.24) is 19.7 Å². The highest BCUT2D eigenvalue weighted by Gasteiger charge is 2.45. The van der Waals surface area contributed by atoms with Crippen molar-refractivity contribution in [3.05, 3.63) is 64.5 Å². The second-order valence-electron chi connectivity index (χ2n) is 12.9. The number of benzene rings is 1. The largest absolute Gasteiger partial charge is 0.497 e. The third-order valence-corrected chi connectivity index (χ3v) is 8.65. The van der Waals surface area contributed by atoms with E-state index in [2.05, 4.69) is 10.4 Å². The van der Waals surface area contributed by atoms with Crippen LogP contribution in [0.5, 0.6) is 5.75 Å². The number of fused-ring (bicyclic) bond motifs is 1. The van der Waals surface area contributed by atoms with E-state index in [1.54, 1.807) is 40.9 Å². The molecular weight excluding hydrogens is 590 g/mol. The number of carbonyl (C=O) groups excluding carboxylic acids is 3. The van der Waals surface area contributed by atoms with Crippen LogP contribution in [0.25, 0.3) is 0 Å². The fourth-order valence-corrected chi connectivity index (χ4v) is 6.23. The van der Waals surface area contributed by atoms with Crippen molar-refractivity contribution >= 4 is 29.6 Å². The van der Waals surface area contributed by atoms with Gasteiger partial charge in [0.05, 0.1) is 25.5 Å². The van der Waals surface area contributed by atoms with E-state index in [1.807, 2.05) is 35.2 Å². The van der Waals surface area contributed by atoms with Crippen molar-refractivity contribution in [2.75, 3.05) is 33.2 Å². The summed E-state index contributed by atoms with van der Waals surface area (Å²) in [5, 5.41) is 7.69. The first-order valence-electron chi connectivity index (χ1n) is 15.5. The number of hydrogen-bond acceptors (Lipinski definition) is 10. The van der Waals surface area contributed by atoms with Crippen LogP contribution in [-0.2, 0) is 32.0 Å². The number of amides is 1. The SMILES string of the molecule is COC(=O)C1(OC)CCC(c2nc(Nc3cc(C)n(C(=O)OC(C)(C)C)n3)cc3c2C(=O)N(Cc2ccc(OC)cc2)CC3)CC1. The fourth-order valence-electron chi connectivity index (χ4n) is 6.23. The van der Waals surface area contributed by atoms with Gasteiger partial charge in [-0.3, -0.25) is 4.79 Å². The first kappa shape index (κ1) is 32.9. The van der Waals surface area contributed by atoms with Crippen LogP contribution in [0.4, 0.5) is 16.4 Å². The molecule has 3 aromatic rings. The number of esters is 1. The molecule has 1 aromatic carbocycles. The lowest BCUT2D eigenvalue weighted by atomic mass is 9.75. The quantitative estimate of drug-likeness (QED) is 0.315. The van der Waals surface area contributed by atoms with Gasteiger partial charge in [0, 0.05) is 37.9 Å². The number of nitrogens with zero attached hydrogens (tertiary/aromatic N) is 4. The lowest BCUT2D eigenvalue weighted by Gasteiger charge is -2.38. The molecule has 0 spiro atoms. The molecule has 0 saturated heterocycles. The molecule has 0 atom stereocenters. The smallest absolute Gasteiger partial charge is 0.435 e. The lowest BCUT2D eigenvalue weighted by molar-refractivity contribution is -0.170. The Labute approximate surface area is 269 Å². The normalized spacial score (nSPS) is 19.8. The topological polar surface area (TPSA) is 134 Å². The summed E-state index contributed by atoms with van der Waals surface area (Å²) >= 11 is 0. The Morgan fingerprint density at radius 3 is 2.35 bits per heavy atom. The molecule has 1 aliphatic heterocycles. The van der Waals surface area contributed by atoms with Crippen molar-refractivity contribution in [3.63, 3.8) is 0 Å². The fraction of sp³-hybridized carbons (Fsp3) is 0.500. The van der Waals surface area contributed by atoms with Gasteiger partial charge in [0.15, 0.2) is 11.4 Å². The highest BCUT2D eigenvalue weighted by Crippen LogP contribution is 2.42. The first-order chi connectivity index (χ1) is 21.9. The maximum absolute atomic E-state index is 14.1. The van der Waals surface area contributed by atoms with Gasteiger partial charge in [0.2, 0.25) is 0 Å². The zero-order valence-electron chi connectivity index (χ0n) is 27.6. The average molecular weight is 634 g/mol. The van der Waals surface area contributed by atoms with Crippen molar-refractivity contribution in [2.24, 2.45) is 0 Å². The van der Waals surface area contributed by atoms with Gasteiger partial charge in [-0.2, -0.15) is 4.68 Å². The van der Waals surface area contributed by atoms with Gasteiger partial charge in [-0.25, -0.2) is 14.6 Å². The molecule has 46 heavy (non-hydrogen) atoms. The second-order valence-corrected chi connectivity index (χ2v) is 12.9. The molecule has 0 radical (unpaired) electrons. The van der Waals surface area contributed by atoms with Crippen LogP contribution < -0.4 is 10.1 Å². The van der Waals surface area contributed by atoms with Crippen molar-refractivity contribution in [2.45, 2.75) is 83.5 Å². The van der Waals surface area contributed by atoms with Gasteiger partial charge in [0.25, 0.3) is 5.91 Å². The number of rotatable bonds is 8. The van der Waals surface area contributed by atoms with E-state index in [9.17, 15) is 14.4 Å². The number of nitrogens with one attached hydrogen (secondary N) is 1. The third kappa shape index (κ3) is 6.86. The summed E-state index contributed by atoms with van der Waals surface area (Å²) in [7, 11) is 4.52. The number of pyridine rings is 1. The van der Waals surface area contributed by atoms with Crippen LogP contribution in [0.3, 0.4) is 0 Å². The molecular formula is C34H43N5O7. The minimum absolute atomic E-state index is 0.0762. The Morgan fingerprint density at radius 2 is 1.74 bits per heavy atom. The second kappa shape index (κ2) is 13.1. The van der Waals surface area contributed by atoms with Crippen LogP contribution in [0.15, 0.2) is 36.4 Å². The van der Waals surface area contributed by atoms with E-state index in [4.69, 9.17) is 23.9 Å². The zero-order chi connectivity index (χ0) is 33.2. The minimum Gasteiger partial charge on any atom is -0.497 e. The highest BCUT2D eigenvalue weighted by atomic mass is 16.6. The van der Waals surface area contributed by atoms with Crippen LogP contribution >= 0.6 is 0 Å². The molecule has 1 fully saturated rings. The van der Waals surface area contributed by atoms with E-state index >= 15 is 0 Å². The maximum atomic E-state index is 14.1. The summed E-state index contributed by atoms with van der Waals surface area (Å²) in [5.74, 6) is 1.15. The summed E-state index contributed by atoms with van der Waals surface area (Å²) in [6.07, 6.45) is 2.13. The molecule has 246 valence electrons. The first-order valence-corrected chi connectivity index (χ1v) is 15.5. The summed E-state index contributed by atoms with van der Waals surface area (Å²) in [6, 6.07) is 11.3. The van der Waals surface area contributed by atoms with E-state index in [0.717, 1.165) is 16.9 Å². The molecule has 1 aliphatic carbocycles. The summed E-state index contributed by atoms with van der Waals surface area (Å²) in [4.78, 5) is 46.3. The Kier molecular flexibility index (Phi) is 9.39. The van der Waals surface area contributed by atoms with Gasteiger partial charge in [0.1, 0.15) is 17.2 Å². The summed E-state index contributed by atoms with van der Waals surface area (Å²) in [5.41, 5.74) is 2.10. The number of ether oxygens (including phenoxy) is 4. The molecule has 1 N–H and O–H groups in total. The monoisotopic (exact) mass is 633 g/mol. The maximum Gasteiger partial charge on any atom is 0.435 e. The molecule has 1 amide bonds. The Hall–Kier alpha value is -4.45. The molecule has 12 heteroatoms.